The van der Waals surface area contributed by atoms with Crippen molar-refractivity contribution in [2.75, 3.05) is 0 Å². The minimum Gasteiger partial charge on any atom is -0.207 e. The van der Waals surface area contributed by atoms with Crippen molar-refractivity contribution in [2.24, 2.45) is 5.92 Å². The number of halogens is 1. The standard InChI is InChI=1S/C12H13F/c1-8-2-3-10(11(13)4-8)12-5-9(6-12)7-12/h2-4,9H,5-7H2,1H3. The molecule has 3 aliphatic carbocycles. The number of benzene rings is 1. The zero-order valence-corrected chi connectivity index (χ0v) is 7.81. The van der Waals surface area contributed by atoms with Gasteiger partial charge in [0, 0.05) is 0 Å². The largest absolute Gasteiger partial charge is 0.207 e. The van der Waals surface area contributed by atoms with Gasteiger partial charge in [0.1, 0.15) is 5.82 Å². The summed E-state index contributed by atoms with van der Waals surface area (Å²) in [5.41, 5.74) is 2.26. The van der Waals surface area contributed by atoms with E-state index in [-0.39, 0.29) is 11.2 Å². The van der Waals surface area contributed by atoms with Crippen LogP contribution in [0.3, 0.4) is 0 Å². The van der Waals surface area contributed by atoms with Gasteiger partial charge in [-0.15, -0.1) is 0 Å². The Bertz CT molecular complexity index is 350. The summed E-state index contributed by atoms with van der Waals surface area (Å²) in [5, 5.41) is 0. The van der Waals surface area contributed by atoms with Crippen LogP contribution in [0.25, 0.3) is 0 Å². The zero-order valence-electron chi connectivity index (χ0n) is 7.81. The van der Waals surface area contributed by atoms with Gasteiger partial charge in [-0.05, 0) is 54.7 Å². The predicted molar refractivity (Wildman–Crippen MR) is 50.2 cm³/mol. The highest BCUT2D eigenvalue weighted by Crippen LogP contribution is 2.65. The fourth-order valence-corrected chi connectivity index (χ4v) is 2.86. The lowest BCUT2D eigenvalue weighted by Gasteiger charge is -2.62. The van der Waals surface area contributed by atoms with Crippen LogP contribution >= 0.6 is 0 Å². The third-order valence-electron chi connectivity index (χ3n) is 3.73. The monoisotopic (exact) mass is 176 g/mol. The topological polar surface area (TPSA) is 0 Å². The summed E-state index contributed by atoms with van der Waals surface area (Å²) >= 11 is 0. The van der Waals surface area contributed by atoms with Crippen LogP contribution < -0.4 is 0 Å². The minimum atomic E-state index is 0.0122. The highest BCUT2D eigenvalue weighted by molar-refractivity contribution is 5.37. The molecule has 0 amide bonds. The molecule has 0 N–H and O–H groups in total. The summed E-state index contributed by atoms with van der Waals surface area (Å²) < 4.78 is 13.6. The molecule has 3 fully saturated rings. The van der Waals surface area contributed by atoms with Gasteiger partial charge in [0.2, 0.25) is 0 Å². The molecule has 3 aliphatic rings. The first-order valence-corrected chi connectivity index (χ1v) is 4.96. The Morgan fingerprint density at radius 1 is 1.31 bits per heavy atom. The van der Waals surface area contributed by atoms with E-state index in [0.29, 0.717) is 0 Å². The Kier molecular flexibility index (Phi) is 1.24. The highest BCUT2D eigenvalue weighted by Gasteiger charge is 2.58. The van der Waals surface area contributed by atoms with Crippen molar-refractivity contribution in [3.05, 3.63) is 35.1 Å². The van der Waals surface area contributed by atoms with Crippen molar-refractivity contribution in [1.82, 2.24) is 0 Å². The van der Waals surface area contributed by atoms with E-state index in [1.165, 1.54) is 19.3 Å². The molecule has 4 rings (SSSR count). The second-order valence-corrected chi connectivity index (χ2v) is 4.74. The fraction of sp³-hybridized carbons (Fsp3) is 0.500. The molecule has 0 atom stereocenters. The predicted octanol–water partition coefficient (Wildman–Crippen LogP) is 3.19. The summed E-state index contributed by atoms with van der Waals surface area (Å²) in [6, 6.07) is 5.68. The Balaban J connectivity index is 2.04. The third kappa shape index (κ3) is 0.849. The minimum absolute atomic E-state index is 0.0122. The Hall–Kier alpha value is -0.850. The molecule has 3 saturated carbocycles. The van der Waals surface area contributed by atoms with Crippen LogP contribution in [0.1, 0.15) is 30.4 Å². The number of aryl methyl sites for hydroxylation is 1. The normalized spacial score (nSPS) is 35.1. The molecule has 1 heteroatoms. The van der Waals surface area contributed by atoms with Gasteiger partial charge in [0.05, 0.1) is 0 Å². The van der Waals surface area contributed by atoms with Crippen LogP contribution in [0.2, 0.25) is 0 Å². The maximum Gasteiger partial charge on any atom is 0.127 e. The van der Waals surface area contributed by atoms with Gasteiger partial charge in [-0.1, -0.05) is 12.1 Å². The smallest absolute Gasteiger partial charge is 0.127 e. The first kappa shape index (κ1) is 7.54. The van der Waals surface area contributed by atoms with E-state index in [9.17, 15) is 4.39 Å². The molecular weight excluding hydrogens is 163 g/mol. The first-order chi connectivity index (χ1) is 6.20. The highest BCUT2D eigenvalue weighted by atomic mass is 19.1. The molecule has 0 radical (unpaired) electrons. The third-order valence-corrected chi connectivity index (χ3v) is 3.73. The number of hydrogen-bond donors (Lipinski definition) is 0. The molecule has 0 heterocycles. The summed E-state index contributed by atoms with van der Waals surface area (Å²) in [5.74, 6) is 0.929. The zero-order chi connectivity index (χ0) is 9.05. The van der Waals surface area contributed by atoms with Crippen LogP contribution in [0.4, 0.5) is 4.39 Å². The Labute approximate surface area is 77.8 Å². The number of hydrogen-bond acceptors (Lipinski definition) is 0. The molecule has 0 aliphatic heterocycles. The molecule has 0 nitrogen and oxygen atoms in total. The van der Waals surface area contributed by atoms with Gasteiger partial charge < -0.3 is 0 Å². The van der Waals surface area contributed by atoms with Gasteiger partial charge in [-0.2, -0.15) is 0 Å². The van der Waals surface area contributed by atoms with Crippen molar-refractivity contribution in [1.29, 1.82) is 0 Å². The van der Waals surface area contributed by atoms with Crippen LogP contribution in [0.5, 0.6) is 0 Å². The number of rotatable bonds is 1. The van der Waals surface area contributed by atoms with E-state index in [2.05, 4.69) is 0 Å². The van der Waals surface area contributed by atoms with Crippen LogP contribution in [0, 0.1) is 18.7 Å². The maximum absolute atomic E-state index is 13.6. The second kappa shape index (κ2) is 2.14. The first-order valence-electron chi connectivity index (χ1n) is 4.96. The molecule has 0 saturated heterocycles. The summed E-state index contributed by atoms with van der Waals surface area (Å²) in [4.78, 5) is 0. The lowest BCUT2D eigenvalue weighted by atomic mass is 9.42. The van der Waals surface area contributed by atoms with Gasteiger partial charge in [0.15, 0.2) is 0 Å². The van der Waals surface area contributed by atoms with Gasteiger partial charge >= 0.3 is 0 Å². The summed E-state index contributed by atoms with van der Waals surface area (Å²) in [6.45, 7) is 1.94. The lowest BCUT2D eigenvalue weighted by Crippen LogP contribution is -2.55. The van der Waals surface area contributed by atoms with Crippen molar-refractivity contribution >= 4 is 0 Å². The average Bonchev–Trinajstić information content (AvgIpc) is 1.88. The molecule has 0 unspecified atom stereocenters. The van der Waals surface area contributed by atoms with Crippen molar-refractivity contribution in [3.63, 3.8) is 0 Å². The van der Waals surface area contributed by atoms with E-state index in [1.54, 1.807) is 6.07 Å². The van der Waals surface area contributed by atoms with Crippen molar-refractivity contribution < 1.29 is 4.39 Å². The SMILES string of the molecule is Cc1ccc(C23CC(C2)C3)c(F)c1. The van der Waals surface area contributed by atoms with Crippen molar-refractivity contribution in [3.8, 4) is 0 Å². The quantitative estimate of drug-likeness (QED) is 0.616. The molecule has 1 aromatic rings. The van der Waals surface area contributed by atoms with Gasteiger partial charge in [-0.3, -0.25) is 0 Å². The molecule has 1 aromatic carbocycles. The lowest BCUT2D eigenvalue weighted by molar-refractivity contribution is -0.0300. The molecule has 2 bridgehead atoms. The van der Waals surface area contributed by atoms with E-state index in [0.717, 1.165) is 17.0 Å². The molecule has 0 spiro atoms. The molecule has 13 heavy (non-hydrogen) atoms. The maximum atomic E-state index is 13.6. The Morgan fingerprint density at radius 2 is 2.00 bits per heavy atom. The van der Waals surface area contributed by atoms with Crippen LogP contribution in [0.15, 0.2) is 18.2 Å². The van der Waals surface area contributed by atoms with Crippen LogP contribution in [-0.4, -0.2) is 0 Å². The Morgan fingerprint density at radius 3 is 2.46 bits per heavy atom. The van der Waals surface area contributed by atoms with E-state index in [1.807, 2.05) is 19.1 Å². The van der Waals surface area contributed by atoms with Gasteiger partial charge in [-0.25, -0.2) is 4.39 Å². The van der Waals surface area contributed by atoms with E-state index in [4.69, 9.17) is 0 Å². The van der Waals surface area contributed by atoms with Crippen LogP contribution in [-0.2, 0) is 5.41 Å². The average molecular weight is 176 g/mol. The van der Waals surface area contributed by atoms with Crippen molar-refractivity contribution in [2.45, 2.75) is 31.6 Å². The van der Waals surface area contributed by atoms with Gasteiger partial charge in [0.25, 0.3) is 0 Å². The second-order valence-electron chi connectivity index (χ2n) is 4.74. The fourth-order valence-electron chi connectivity index (χ4n) is 2.86. The molecule has 0 aromatic heterocycles. The summed E-state index contributed by atoms with van der Waals surface area (Å²) in [7, 11) is 0. The summed E-state index contributed by atoms with van der Waals surface area (Å²) in [6.07, 6.45) is 3.69. The van der Waals surface area contributed by atoms with E-state index >= 15 is 0 Å². The molecule has 68 valence electrons. The molecular formula is C12H13F. The van der Waals surface area contributed by atoms with E-state index < -0.39 is 0 Å².